The number of aromatic amines is 1. The Bertz CT molecular complexity index is 486. The third kappa shape index (κ3) is 3.38. The number of rotatable bonds is 5. The molecule has 0 unspecified atom stereocenters. The first kappa shape index (κ1) is 12.2. The van der Waals surface area contributed by atoms with Gasteiger partial charge in [0.15, 0.2) is 0 Å². The lowest BCUT2D eigenvalue weighted by Gasteiger charge is -2.05. The SMILES string of the molecule is Cc1cn(CCCCC(=N)N)c(=O)[nH]c1=O. The third-order valence-corrected chi connectivity index (χ3v) is 2.28. The highest BCUT2D eigenvalue weighted by atomic mass is 16.2. The molecule has 16 heavy (non-hydrogen) atoms. The van der Waals surface area contributed by atoms with Gasteiger partial charge in [-0.3, -0.25) is 15.2 Å². The molecule has 0 aromatic carbocycles. The molecule has 0 aliphatic rings. The molecule has 0 spiro atoms. The van der Waals surface area contributed by atoms with E-state index in [1.165, 1.54) is 4.57 Å². The number of nitrogens with one attached hydrogen (secondary N) is 2. The van der Waals surface area contributed by atoms with Gasteiger partial charge in [-0.2, -0.15) is 0 Å². The number of unbranched alkanes of at least 4 members (excludes halogenated alkanes) is 1. The smallest absolute Gasteiger partial charge is 0.328 e. The van der Waals surface area contributed by atoms with E-state index in [9.17, 15) is 9.59 Å². The molecule has 0 fully saturated rings. The Morgan fingerprint density at radius 3 is 2.81 bits per heavy atom. The van der Waals surface area contributed by atoms with E-state index < -0.39 is 5.69 Å². The molecular formula is C10H16N4O2. The zero-order valence-corrected chi connectivity index (χ0v) is 9.25. The van der Waals surface area contributed by atoms with E-state index in [1.807, 2.05) is 0 Å². The summed E-state index contributed by atoms with van der Waals surface area (Å²) in [5.74, 6) is 0.157. The quantitative estimate of drug-likeness (QED) is 0.371. The maximum absolute atomic E-state index is 11.4. The molecule has 0 radical (unpaired) electrons. The Balaban J connectivity index is 2.61. The number of amidine groups is 1. The summed E-state index contributed by atoms with van der Waals surface area (Å²) < 4.78 is 1.47. The average Bonchev–Trinajstić information content (AvgIpc) is 2.19. The minimum Gasteiger partial charge on any atom is -0.388 e. The van der Waals surface area contributed by atoms with Crippen molar-refractivity contribution in [1.29, 1.82) is 5.41 Å². The van der Waals surface area contributed by atoms with E-state index in [-0.39, 0.29) is 11.4 Å². The maximum atomic E-state index is 11.4. The molecule has 0 aliphatic carbocycles. The molecule has 1 aromatic rings. The van der Waals surface area contributed by atoms with E-state index >= 15 is 0 Å². The summed E-state index contributed by atoms with van der Waals surface area (Å²) in [5.41, 5.74) is 5.00. The monoisotopic (exact) mass is 224 g/mol. The molecule has 6 heteroatoms. The third-order valence-electron chi connectivity index (χ3n) is 2.28. The topological polar surface area (TPSA) is 105 Å². The molecule has 0 aliphatic heterocycles. The number of H-pyrrole nitrogens is 1. The van der Waals surface area contributed by atoms with Gasteiger partial charge in [-0.1, -0.05) is 0 Å². The Labute approximate surface area is 92.6 Å². The molecule has 0 bridgehead atoms. The van der Waals surface area contributed by atoms with Crippen LogP contribution in [0.3, 0.4) is 0 Å². The normalized spacial score (nSPS) is 10.3. The van der Waals surface area contributed by atoms with Crippen LogP contribution >= 0.6 is 0 Å². The molecule has 0 saturated heterocycles. The number of hydrogen-bond donors (Lipinski definition) is 3. The largest absolute Gasteiger partial charge is 0.388 e. The fraction of sp³-hybridized carbons (Fsp3) is 0.500. The number of hydrogen-bond acceptors (Lipinski definition) is 3. The van der Waals surface area contributed by atoms with Crippen LogP contribution in [0.2, 0.25) is 0 Å². The van der Waals surface area contributed by atoms with Crippen LogP contribution in [0.1, 0.15) is 24.8 Å². The molecule has 1 rings (SSSR count). The van der Waals surface area contributed by atoms with E-state index in [0.29, 0.717) is 18.5 Å². The van der Waals surface area contributed by atoms with Crippen LogP contribution in [0.5, 0.6) is 0 Å². The van der Waals surface area contributed by atoms with Crippen LogP contribution in [-0.2, 0) is 6.54 Å². The van der Waals surface area contributed by atoms with Gasteiger partial charge in [-0.25, -0.2) is 4.79 Å². The first-order valence-electron chi connectivity index (χ1n) is 5.14. The van der Waals surface area contributed by atoms with Gasteiger partial charge in [0.1, 0.15) is 0 Å². The summed E-state index contributed by atoms with van der Waals surface area (Å²) in [4.78, 5) is 24.7. The lowest BCUT2D eigenvalue weighted by molar-refractivity contribution is 0.584. The van der Waals surface area contributed by atoms with Crippen LogP contribution in [0.15, 0.2) is 15.8 Å². The van der Waals surface area contributed by atoms with Crippen molar-refractivity contribution in [3.05, 3.63) is 32.6 Å². The molecule has 4 N–H and O–H groups in total. The van der Waals surface area contributed by atoms with Crippen molar-refractivity contribution in [2.75, 3.05) is 0 Å². The van der Waals surface area contributed by atoms with E-state index in [0.717, 1.165) is 12.8 Å². The highest BCUT2D eigenvalue weighted by Gasteiger charge is 2.00. The van der Waals surface area contributed by atoms with Gasteiger partial charge >= 0.3 is 5.69 Å². The summed E-state index contributed by atoms with van der Waals surface area (Å²) in [5, 5.41) is 7.04. The number of aromatic nitrogens is 2. The molecule has 1 aromatic heterocycles. The summed E-state index contributed by atoms with van der Waals surface area (Å²) in [6, 6.07) is 0. The Morgan fingerprint density at radius 1 is 1.50 bits per heavy atom. The highest BCUT2D eigenvalue weighted by Crippen LogP contribution is 1.97. The van der Waals surface area contributed by atoms with Gasteiger partial charge in [-0.15, -0.1) is 0 Å². The second kappa shape index (κ2) is 5.29. The molecule has 0 saturated carbocycles. The Morgan fingerprint density at radius 2 is 2.19 bits per heavy atom. The number of nitrogens with two attached hydrogens (primary N) is 1. The fourth-order valence-electron chi connectivity index (χ4n) is 1.38. The van der Waals surface area contributed by atoms with Crippen molar-refractivity contribution < 1.29 is 0 Å². The average molecular weight is 224 g/mol. The second-order valence-corrected chi connectivity index (χ2v) is 3.75. The van der Waals surface area contributed by atoms with Crippen LogP contribution in [0.25, 0.3) is 0 Å². The van der Waals surface area contributed by atoms with Crippen molar-refractivity contribution >= 4 is 5.84 Å². The van der Waals surface area contributed by atoms with Gasteiger partial charge in [0.05, 0.1) is 5.84 Å². The first-order valence-corrected chi connectivity index (χ1v) is 5.14. The molecular weight excluding hydrogens is 208 g/mol. The summed E-state index contributed by atoms with van der Waals surface area (Å²) in [6.45, 7) is 2.19. The summed E-state index contributed by atoms with van der Waals surface area (Å²) in [6.07, 6.45) is 3.61. The summed E-state index contributed by atoms with van der Waals surface area (Å²) >= 11 is 0. The zero-order valence-electron chi connectivity index (χ0n) is 9.25. The van der Waals surface area contributed by atoms with Crippen molar-refractivity contribution in [3.8, 4) is 0 Å². The minimum absolute atomic E-state index is 0.157. The van der Waals surface area contributed by atoms with Gasteiger partial charge in [0.2, 0.25) is 0 Å². The predicted octanol–water partition coefficient (Wildman–Crippen LogP) is -0.0487. The highest BCUT2D eigenvalue weighted by molar-refractivity contribution is 5.76. The minimum atomic E-state index is -0.390. The molecule has 0 amide bonds. The maximum Gasteiger partial charge on any atom is 0.328 e. The van der Waals surface area contributed by atoms with Gasteiger partial charge in [-0.05, 0) is 19.8 Å². The van der Waals surface area contributed by atoms with E-state index in [4.69, 9.17) is 11.1 Å². The second-order valence-electron chi connectivity index (χ2n) is 3.75. The van der Waals surface area contributed by atoms with Crippen LogP contribution < -0.4 is 17.0 Å². The van der Waals surface area contributed by atoms with Gasteiger partial charge in [0.25, 0.3) is 5.56 Å². The number of nitrogens with zero attached hydrogens (tertiary/aromatic N) is 1. The molecule has 1 heterocycles. The molecule has 88 valence electrons. The van der Waals surface area contributed by atoms with Crippen molar-refractivity contribution in [3.63, 3.8) is 0 Å². The van der Waals surface area contributed by atoms with Crippen LogP contribution in [0, 0.1) is 12.3 Å². The van der Waals surface area contributed by atoms with Crippen molar-refractivity contribution in [2.24, 2.45) is 5.73 Å². The number of aryl methyl sites for hydroxylation is 2. The van der Waals surface area contributed by atoms with E-state index in [2.05, 4.69) is 4.98 Å². The standard InChI is InChI=1S/C10H16N4O2/c1-7-6-14(10(16)13-9(7)15)5-3-2-4-8(11)12/h6H,2-5H2,1H3,(H3,11,12)(H,13,15,16). The fourth-order valence-corrected chi connectivity index (χ4v) is 1.38. The van der Waals surface area contributed by atoms with Gasteiger partial charge < -0.3 is 10.3 Å². The van der Waals surface area contributed by atoms with E-state index in [1.54, 1.807) is 13.1 Å². The molecule has 6 nitrogen and oxygen atoms in total. The Hall–Kier alpha value is -1.85. The predicted molar refractivity (Wildman–Crippen MR) is 61.8 cm³/mol. The zero-order chi connectivity index (χ0) is 12.1. The lowest BCUT2D eigenvalue weighted by atomic mass is 10.2. The lowest BCUT2D eigenvalue weighted by Crippen LogP contribution is -2.30. The Kier molecular flexibility index (Phi) is 4.04. The van der Waals surface area contributed by atoms with Gasteiger partial charge in [0, 0.05) is 24.7 Å². The van der Waals surface area contributed by atoms with Crippen molar-refractivity contribution in [2.45, 2.75) is 32.7 Å². The van der Waals surface area contributed by atoms with Crippen LogP contribution in [0.4, 0.5) is 0 Å². The first-order chi connectivity index (χ1) is 7.50. The molecule has 0 atom stereocenters. The van der Waals surface area contributed by atoms with Crippen LogP contribution in [-0.4, -0.2) is 15.4 Å². The van der Waals surface area contributed by atoms with Crippen molar-refractivity contribution in [1.82, 2.24) is 9.55 Å². The summed E-state index contributed by atoms with van der Waals surface area (Å²) in [7, 11) is 0.